The summed E-state index contributed by atoms with van der Waals surface area (Å²) in [4.78, 5) is 23.5. The average molecular weight is 337 g/mol. The van der Waals surface area contributed by atoms with Crippen LogP contribution in [-0.2, 0) is 17.9 Å². The molecule has 3 N–H and O–H groups in total. The minimum absolute atomic E-state index is 0.0282. The molecule has 7 nitrogen and oxygen atoms in total. The SMILES string of the molecule is CCC(=O)NCc1ccc(CNC(=O)c2ccc3n[nH]nc3c2)cc1. The van der Waals surface area contributed by atoms with Gasteiger partial charge in [-0.3, -0.25) is 9.59 Å². The van der Waals surface area contributed by atoms with Crippen molar-refractivity contribution in [1.82, 2.24) is 26.0 Å². The van der Waals surface area contributed by atoms with Crippen LogP contribution in [0.5, 0.6) is 0 Å². The smallest absolute Gasteiger partial charge is 0.251 e. The van der Waals surface area contributed by atoms with E-state index in [1.807, 2.05) is 31.2 Å². The van der Waals surface area contributed by atoms with Gasteiger partial charge in [-0.2, -0.15) is 15.4 Å². The van der Waals surface area contributed by atoms with Crippen LogP contribution < -0.4 is 10.6 Å². The molecule has 0 atom stereocenters. The van der Waals surface area contributed by atoms with Crippen molar-refractivity contribution in [3.8, 4) is 0 Å². The molecular weight excluding hydrogens is 318 g/mol. The van der Waals surface area contributed by atoms with Gasteiger partial charge in [0.15, 0.2) is 0 Å². The summed E-state index contributed by atoms with van der Waals surface area (Å²) in [7, 11) is 0. The van der Waals surface area contributed by atoms with E-state index in [0.717, 1.165) is 16.6 Å². The molecule has 0 spiro atoms. The van der Waals surface area contributed by atoms with Crippen molar-refractivity contribution in [2.45, 2.75) is 26.4 Å². The van der Waals surface area contributed by atoms with Crippen molar-refractivity contribution in [3.05, 3.63) is 59.2 Å². The second kappa shape index (κ2) is 7.57. The van der Waals surface area contributed by atoms with Crippen LogP contribution >= 0.6 is 0 Å². The highest BCUT2D eigenvalue weighted by atomic mass is 16.2. The predicted molar refractivity (Wildman–Crippen MR) is 93.6 cm³/mol. The average Bonchev–Trinajstić information content (AvgIpc) is 3.12. The Morgan fingerprint density at radius 1 is 0.920 bits per heavy atom. The summed E-state index contributed by atoms with van der Waals surface area (Å²) < 4.78 is 0. The van der Waals surface area contributed by atoms with Crippen LogP contribution in [0.1, 0.15) is 34.8 Å². The van der Waals surface area contributed by atoms with Crippen LogP contribution in [-0.4, -0.2) is 27.2 Å². The fraction of sp³-hybridized carbons (Fsp3) is 0.222. The van der Waals surface area contributed by atoms with E-state index in [4.69, 9.17) is 0 Å². The van der Waals surface area contributed by atoms with Crippen molar-refractivity contribution >= 4 is 22.8 Å². The third-order valence-electron chi connectivity index (χ3n) is 3.87. The summed E-state index contributed by atoms with van der Waals surface area (Å²) in [5, 5.41) is 16.2. The second-order valence-corrected chi connectivity index (χ2v) is 5.66. The van der Waals surface area contributed by atoms with Gasteiger partial charge in [0.25, 0.3) is 5.91 Å². The lowest BCUT2D eigenvalue weighted by atomic mass is 10.1. The van der Waals surface area contributed by atoms with Crippen LogP contribution in [0.3, 0.4) is 0 Å². The Balaban J connectivity index is 1.55. The van der Waals surface area contributed by atoms with E-state index in [1.165, 1.54) is 0 Å². The second-order valence-electron chi connectivity index (χ2n) is 5.66. The van der Waals surface area contributed by atoms with E-state index in [2.05, 4.69) is 26.0 Å². The minimum Gasteiger partial charge on any atom is -0.352 e. The standard InChI is InChI=1S/C18H19N5O2/c1-2-17(24)19-10-12-3-5-13(6-4-12)11-20-18(25)14-7-8-15-16(9-14)22-23-21-15/h3-9H,2,10-11H2,1H3,(H,19,24)(H,20,25)(H,21,22,23). The van der Waals surface area contributed by atoms with E-state index in [0.29, 0.717) is 30.6 Å². The first kappa shape index (κ1) is 16.6. The van der Waals surface area contributed by atoms with Gasteiger partial charge in [-0.05, 0) is 29.3 Å². The summed E-state index contributed by atoms with van der Waals surface area (Å²) in [5.74, 6) is -0.135. The van der Waals surface area contributed by atoms with Gasteiger partial charge in [0.1, 0.15) is 11.0 Å². The first-order valence-corrected chi connectivity index (χ1v) is 8.09. The van der Waals surface area contributed by atoms with E-state index in [9.17, 15) is 9.59 Å². The van der Waals surface area contributed by atoms with Crippen molar-refractivity contribution in [3.63, 3.8) is 0 Å². The molecule has 25 heavy (non-hydrogen) atoms. The monoisotopic (exact) mass is 337 g/mol. The maximum Gasteiger partial charge on any atom is 0.251 e. The molecule has 2 amide bonds. The topological polar surface area (TPSA) is 99.8 Å². The molecule has 0 bridgehead atoms. The number of H-pyrrole nitrogens is 1. The molecule has 1 aromatic heterocycles. The number of amides is 2. The summed E-state index contributed by atoms with van der Waals surface area (Å²) in [6.45, 7) is 2.76. The van der Waals surface area contributed by atoms with Crippen molar-refractivity contribution in [2.75, 3.05) is 0 Å². The molecule has 128 valence electrons. The summed E-state index contributed by atoms with van der Waals surface area (Å²) in [6.07, 6.45) is 0.476. The highest BCUT2D eigenvalue weighted by molar-refractivity contribution is 5.97. The molecule has 0 unspecified atom stereocenters. The van der Waals surface area contributed by atoms with Gasteiger partial charge in [-0.15, -0.1) is 0 Å². The summed E-state index contributed by atoms with van der Waals surface area (Å²) in [5.41, 5.74) is 3.93. The molecule has 1 heterocycles. The van der Waals surface area contributed by atoms with Gasteiger partial charge in [0.05, 0.1) is 0 Å². The lowest BCUT2D eigenvalue weighted by Crippen LogP contribution is -2.23. The number of hydrogen-bond donors (Lipinski definition) is 3. The third kappa shape index (κ3) is 4.20. The maximum atomic E-state index is 12.2. The van der Waals surface area contributed by atoms with Gasteiger partial charge < -0.3 is 10.6 Å². The highest BCUT2D eigenvalue weighted by Crippen LogP contribution is 2.11. The maximum absolute atomic E-state index is 12.2. The number of aromatic nitrogens is 3. The molecule has 0 aliphatic rings. The number of carbonyl (C=O) groups excluding carboxylic acids is 2. The van der Waals surface area contributed by atoms with Gasteiger partial charge in [0.2, 0.25) is 5.91 Å². The van der Waals surface area contributed by atoms with Crippen LogP contribution in [0.4, 0.5) is 0 Å². The summed E-state index contributed by atoms with van der Waals surface area (Å²) in [6, 6.07) is 12.9. The Labute approximate surface area is 144 Å². The highest BCUT2D eigenvalue weighted by Gasteiger charge is 2.08. The molecule has 3 rings (SSSR count). The van der Waals surface area contributed by atoms with E-state index in [-0.39, 0.29) is 11.8 Å². The van der Waals surface area contributed by atoms with Gasteiger partial charge in [0, 0.05) is 25.1 Å². The fourth-order valence-electron chi connectivity index (χ4n) is 2.37. The Morgan fingerprint density at radius 2 is 1.56 bits per heavy atom. The van der Waals surface area contributed by atoms with Gasteiger partial charge >= 0.3 is 0 Å². The Hall–Kier alpha value is -3.22. The molecule has 0 aliphatic carbocycles. The van der Waals surface area contributed by atoms with Gasteiger partial charge in [-0.25, -0.2) is 0 Å². The fourth-order valence-corrected chi connectivity index (χ4v) is 2.37. The zero-order valence-electron chi connectivity index (χ0n) is 13.9. The quantitative estimate of drug-likeness (QED) is 0.640. The molecule has 0 fully saturated rings. The Morgan fingerprint density at radius 3 is 2.24 bits per heavy atom. The first-order chi connectivity index (χ1) is 12.2. The Kier molecular flexibility index (Phi) is 5.03. The molecule has 0 saturated heterocycles. The van der Waals surface area contributed by atoms with Crippen LogP contribution in [0.2, 0.25) is 0 Å². The molecule has 2 aromatic carbocycles. The summed E-state index contributed by atoms with van der Waals surface area (Å²) >= 11 is 0. The number of fused-ring (bicyclic) bond motifs is 1. The van der Waals surface area contributed by atoms with Crippen LogP contribution in [0.15, 0.2) is 42.5 Å². The molecule has 3 aromatic rings. The lowest BCUT2D eigenvalue weighted by molar-refractivity contribution is -0.120. The molecule has 0 radical (unpaired) electrons. The van der Waals surface area contributed by atoms with Crippen LogP contribution in [0, 0.1) is 0 Å². The largest absolute Gasteiger partial charge is 0.352 e. The molecule has 0 saturated carbocycles. The van der Waals surface area contributed by atoms with Crippen molar-refractivity contribution < 1.29 is 9.59 Å². The van der Waals surface area contributed by atoms with Gasteiger partial charge in [-0.1, -0.05) is 31.2 Å². The van der Waals surface area contributed by atoms with Crippen molar-refractivity contribution in [2.24, 2.45) is 0 Å². The van der Waals surface area contributed by atoms with E-state index < -0.39 is 0 Å². The zero-order valence-corrected chi connectivity index (χ0v) is 13.9. The molecular formula is C18H19N5O2. The number of aromatic amines is 1. The molecule has 0 aliphatic heterocycles. The normalized spacial score (nSPS) is 10.6. The number of nitrogens with one attached hydrogen (secondary N) is 3. The number of benzene rings is 2. The third-order valence-corrected chi connectivity index (χ3v) is 3.87. The van der Waals surface area contributed by atoms with E-state index in [1.54, 1.807) is 18.2 Å². The number of carbonyl (C=O) groups is 2. The number of hydrogen-bond acceptors (Lipinski definition) is 4. The lowest BCUT2D eigenvalue weighted by Gasteiger charge is -2.07. The van der Waals surface area contributed by atoms with Crippen LogP contribution in [0.25, 0.3) is 11.0 Å². The first-order valence-electron chi connectivity index (χ1n) is 8.09. The van der Waals surface area contributed by atoms with E-state index >= 15 is 0 Å². The van der Waals surface area contributed by atoms with Crippen molar-refractivity contribution in [1.29, 1.82) is 0 Å². The predicted octanol–water partition coefficient (Wildman–Crippen LogP) is 1.91. The minimum atomic E-state index is -0.163. The number of nitrogens with zero attached hydrogens (tertiary/aromatic N) is 2. The number of rotatable bonds is 6. The Bertz CT molecular complexity index is 886. The molecule has 7 heteroatoms. The zero-order chi connectivity index (χ0) is 17.6.